The van der Waals surface area contributed by atoms with E-state index in [9.17, 15) is 51.9 Å². The summed E-state index contributed by atoms with van der Waals surface area (Å²) in [7, 11) is 0. The van der Waals surface area contributed by atoms with Crippen LogP contribution in [0.3, 0.4) is 0 Å². The molecule has 0 radical (unpaired) electrons. The molecule has 4 heterocycles. The number of nitrogens with one attached hydrogen (secondary N) is 2. The SMILES string of the molecule is C=C1N(c2ccc(C#N)c(C(F)(F)F)c2F)C(=O)C(C)(C)N1c1ccc(C#CC2CCN(C(=O)C[C@H](NC(=O)[C@@H]3C[C@@H](O)CN3C(=O)[C@@H](NC(=O)C3(F)CC3)C(C)(C)C)c3ccc(-c4scnc4C)cc3)CC2)cc1. The zero-order valence-corrected chi connectivity index (χ0v) is 43.1. The minimum Gasteiger partial charge on any atom is -0.391 e. The molecule has 8 rings (SSSR count). The van der Waals surface area contributed by atoms with Crippen molar-refractivity contribution >= 4 is 52.2 Å². The van der Waals surface area contributed by atoms with Crippen LogP contribution >= 0.6 is 11.3 Å². The van der Waals surface area contributed by atoms with Crippen molar-refractivity contribution in [3.63, 3.8) is 0 Å². The zero-order chi connectivity index (χ0) is 54.5. The van der Waals surface area contributed by atoms with Gasteiger partial charge in [0.2, 0.25) is 17.7 Å². The normalized spacial score (nSPS) is 20.3. The van der Waals surface area contributed by atoms with Gasteiger partial charge < -0.3 is 30.4 Å². The summed E-state index contributed by atoms with van der Waals surface area (Å²) in [5, 5.41) is 25.6. The maximum Gasteiger partial charge on any atom is 0.420 e. The molecule has 3 aromatic carbocycles. The number of hydrogen-bond donors (Lipinski definition) is 3. The molecule has 3 aliphatic heterocycles. The van der Waals surface area contributed by atoms with Gasteiger partial charge in [-0.3, -0.25) is 28.9 Å². The number of rotatable bonds is 11. The number of aliphatic hydroxyl groups excluding tert-OH is 1. The fourth-order valence-corrected chi connectivity index (χ4v) is 10.7. The molecule has 3 N–H and O–H groups in total. The van der Waals surface area contributed by atoms with Crippen molar-refractivity contribution in [2.75, 3.05) is 29.4 Å². The molecule has 4 fully saturated rings. The molecular weight excluding hydrogens is 996 g/mol. The van der Waals surface area contributed by atoms with Crippen molar-refractivity contribution in [3.05, 3.63) is 112 Å². The molecule has 0 unspecified atom stereocenters. The number of carbonyl (C=O) groups is 5. The standard InChI is InChI=1S/C55H57F5N8O6S/c1-31-46(75-30-62-31)36-14-12-35(13-15-36)40(63-48(71)42-26-39(69)29-66(42)49(72)47(52(3,4)5)64-50(73)54(57)22-23-54)27-43(70)65-24-20-34(21-25-65)9-8-33-10-17-38(18-11-33)68-32(2)67(51(74)53(68,6)7)41-19-16-37(28-61)44(45(41)56)55(58,59)60/h10-19,30,34,39-40,42,47,69H,2,20-27,29H2,1,3-7H3,(H,63,71)(H,64,73)/t39-,40+,42+,47-/m1/s1. The number of aliphatic hydroxyl groups is 1. The minimum atomic E-state index is -5.20. The first-order valence-electron chi connectivity index (χ1n) is 24.6. The Morgan fingerprint density at radius 2 is 1.64 bits per heavy atom. The number of thiazole rings is 1. The molecule has 1 aromatic heterocycles. The number of anilines is 2. The van der Waals surface area contributed by atoms with E-state index in [1.807, 2.05) is 31.2 Å². The van der Waals surface area contributed by atoms with Gasteiger partial charge in [-0.1, -0.05) is 63.5 Å². The van der Waals surface area contributed by atoms with Crippen LogP contribution in [0.1, 0.15) is 107 Å². The average molecular weight is 1050 g/mol. The average Bonchev–Trinajstić information content (AvgIpc) is 3.68. The summed E-state index contributed by atoms with van der Waals surface area (Å²) in [5.74, 6) is 1.43. The van der Waals surface area contributed by atoms with Gasteiger partial charge in [0, 0.05) is 43.2 Å². The Balaban J connectivity index is 0.936. The maximum atomic E-state index is 15.5. The first-order valence-corrected chi connectivity index (χ1v) is 25.4. The Bertz CT molecular complexity index is 3030. The number of piperidine rings is 1. The third-order valence-corrected chi connectivity index (χ3v) is 15.3. The van der Waals surface area contributed by atoms with Gasteiger partial charge in [0.25, 0.3) is 11.8 Å². The molecule has 1 aliphatic carbocycles. The van der Waals surface area contributed by atoms with E-state index in [0.29, 0.717) is 42.7 Å². The predicted molar refractivity (Wildman–Crippen MR) is 270 cm³/mol. The molecular formula is C55H57F5N8O6S. The lowest BCUT2D eigenvalue weighted by molar-refractivity contribution is -0.145. The van der Waals surface area contributed by atoms with Gasteiger partial charge in [0.1, 0.15) is 29.0 Å². The lowest BCUT2D eigenvalue weighted by atomic mass is 9.85. The Labute approximate surface area is 435 Å². The summed E-state index contributed by atoms with van der Waals surface area (Å²) >= 11 is 1.48. The van der Waals surface area contributed by atoms with Gasteiger partial charge in [-0.25, -0.2) is 13.8 Å². The summed E-state index contributed by atoms with van der Waals surface area (Å²) in [4.78, 5) is 79.7. The molecule has 3 saturated heterocycles. The topological polar surface area (TPSA) is 179 Å². The number of carbonyl (C=O) groups excluding carboxylic acids is 5. The first kappa shape index (κ1) is 54.1. The van der Waals surface area contributed by atoms with E-state index < -0.39 is 93.3 Å². The van der Waals surface area contributed by atoms with Crippen molar-refractivity contribution in [1.82, 2.24) is 25.4 Å². The largest absolute Gasteiger partial charge is 0.420 e. The van der Waals surface area contributed by atoms with E-state index in [-0.39, 0.29) is 49.9 Å². The number of alkyl halides is 4. The van der Waals surface area contributed by atoms with Crippen LogP contribution in [0.2, 0.25) is 0 Å². The van der Waals surface area contributed by atoms with E-state index in [1.165, 1.54) is 41.1 Å². The van der Waals surface area contributed by atoms with Crippen LogP contribution in [0, 0.1) is 47.2 Å². The summed E-state index contributed by atoms with van der Waals surface area (Å²) in [6.45, 7) is 14.6. The van der Waals surface area contributed by atoms with E-state index in [2.05, 4.69) is 34.0 Å². The number of nitrogens with zero attached hydrogens (tertiary/aromatic N) is 6. The highest BCUT2D eigenvalue weighted by molar-refractivity contribution is 7.13. The lowest BCUT2D eigenvalue weighted by Crippen LogP contribution is -2.59. The molecule has 0 bridgehead atoms. The molecule has 4 atom stereocenters. The number of aromatic nitrogens is 1. The van der Waals surface area contributed by atoms with Crippen molar-refractivity contribution in [3.8, 4) is 28.4 Å². The number of β-amino-alcohol motifs (C(OH)–C–C–N with tert-alkyl or cyclic N) is 1. The number of benzene rings is 3. The van der Waals surface area contributed by atoms with E-state index in [4.69, 9.17) is 0 Å². The summed E-state index contributed by atoms with van der Waals surface area (Å²) in [6, 6.07) is 14.1. The van der Waals surface area contributed by atoms with Crippen molar-refractivity contribution in [2.24, 2.45) is 11.3 Å². The Morgan fingerprint density at radius 1 is 0.987 bits per heavy atom. The van der Waals surface area contributed by atoms with Crippen LogP contribution in [0.25, 0.3) is 10.4 Å². The molecule has 4 aromatic rings. The fourth-order valence-electron chi connectivity index (χ4n) is 9.88. The van der Waals surface area contributed by atoms with Gasteiger partial charge in [0.05, 0.1) is 52.0 Å². The summed E-state index contributed by atoms with van der Waals surface area (Å²) in [6.07, 6.45) is -5.28. The van der Waals surface area contributed by atoms with Crippen LogP contribution in [-0.2, 0) is 30.1 Å². The number of amides is 5. The fraction of sp³-hybridized carbons (Fsp3) is 0.436. The van der Waals surface area contributed by atoms with Gasteiger partial charge in [-0.15, -0.1) is 11.3 Å². The van der Waals surface area contributed by atoms with Gasteiger partial charge in [-0.2, -0.15) is 18.4 Å². The molecule has 20 heteroatoms. The third-order valence-electron chi connectivity index (χ3n) is 14.3. The second kappa shape index (κ2) is 20.5. The summed E-state index contributed by atoms with van der Waals surface area (Å²) in [5.41, 5.74) is -2.51. The van der Waals surface area contributed by atoms with E-state index in [0.717, 1.165) is 33.2 Å². The highest BCUT2D eigenvalue weighted by Crippen LogP contribution is 2.45. The highest BCUT2D eigenvalue weighted by Gasteiger charge is 2.54. The van der Waals surface area contributed by atoms with Crippen molar-refractivity contribution in [2.45, 2.75) is 122 Å². The second-order valence-corrected chi connectivity index (χ2v) is 22.0. The van der Waals surface area contributed by atoms with Gasteiger partial charge in [0.15, 0.2) is 11.5 Å². The van der Waals surface area contributed by atoms with Crippen LogP contribution < -0.4 is 20.4 Å². The van der Waals surface area contributed by atoms with E-state index >= 15 is 4.39 Å². The van der Waals surface area contributed by atoms with Gasteiger partial charge >= 0.3 is 6.18 Å². The number of likely N-dealkylation sites (tertiary alicyclic amines) is 2. The Morgan fingerprint density at radius 3 is 2.21 bits per heavy atom. The molecule has 394 valence electrons. The Hall–Kier alpha value is -7.16. The molecule has 5 amide bonds. The molecule has 75 heavy (non-hydrogen) atoms. The van der Waals surface area contributed by atoms with Crippen LogP contribution in [0.5, 0.6) is 0 Å². The van der Waals surface area contributed by atoms with Gasteiger partial charge in [-0.05, 0) is 99.4 Å². The van der Waals surface area contributed by atoms with Crippen LogP contribution in [-0.4, -0.2) is 98.5 Å². The first-order chi connectivity index (χ1) is 35.2. The van der Waals surface area contributed by atoms with Crippen molar-refractivity contribution < 1.29 is 51.0 Å². The maximum absolute atomic E-state index is 15.5. The predicted octanol–water partition coefficient (Wildman–Crippen LogP) is 8.08. The van der Waals surface area contributed by atoms with Crippen LogP contribution in [0.15, 0.2) is 78.6 Å². The summed E-state index contributed by atoms with van der Waals surface area (Å²) < 4.78 is 71.9. The Kier molecular flexibility index (Phi) is 14.8. The monoisotopic (exact) mass is 1050 g/mol. The number of halogens is 5. The number of aryl methyl sites for hydroxylation is 1. The minimum absolute atomic E-state index is 0.0523. The van der Waals surface area contributed by atoms with Crippen molar-refractivity contribution in [1.29, 1.82) is 5.26 Å². The molecule has 0 spiro atoms. The third kappa shape index (κ3) is 11.0. The van der Waals surface area contributed by atoms with Crippen LogP contribution in [0.4, 0.5) is 33.3 Å². The lowest BCUT2D eigenvalue weighted by Gasteiger charge is -2.36. The zero-order valence-electron chi connectivity index (χ0n) is 42.3. The quantitative estimate of drug-likeness (QED) is 0.0990. The number of hydrogen-bond acceptors (Lipinski definition) is 10. The molecule has 14 nitrogen and oxygen atoms in total. The molecule has 4 aliphatic rings. The highest BCUT2D eigenvalue weighted by atomic mass is 32.1. The second-order valence-electron chi connectivity index (χ2n) is 21.1. The van der Waals surface area contributed by atoms with E-state index in [1.54, 1.807) is 55.4 Å². The molecule has 1 saturated carbocycles. The number of nitriles is 1. The smallest absolute Gasteiger partial charge is 0.391 e.